The highest BCUT2D eigenvalue weighted by atomic mass is 16.6. The Labute approximate surface area is 92.1 Å². The largest absolute Gasteiger partial charge is 0.395 e. The van der Waals surface area contributed by atoms with Crippen LogP contribution in [0.15, 0.2) is 18.2 Å². The zero-order chi connectivity index (χ0) is 12.0. The Morgan fingerprint density at radius 3 is 2.81 bits per heavy atom. The van der Waals surface area contributed by atoms with Crippen molar-refractivity contribution >= 4 is 5.69 Å². The summed E-state index contributed by atoms with van der Waals surface area (Å²) in [6.07, 6.45) is 0.313. The number of rotatable bonds is 2. The van der Waals surface area contributed by atoms with Crippen molar-refractivity contribution in [3.8, 4) is 17.9 Å². The van der Waals surface area contributed by atoms with Crippen LogP contribution in [0.25, 0.3) is 0 Å². The molecule has 5 nitrogen and oxygen atoms in total. The molecule has 0 unspecified atom stereocenters. The molecule has 1 rings (SSSR count). The maximum absolute atomic E-state index is 10.6. The highest BCUT2D eigenvalue weighted by Crippen LogP contribution is 2.18. The molecule has 0 amide bonds. The zero-order valence-corrected chi connectivity index (χ0v) is 8.30. The number of aliphatic hydroxyl groups is 1. The van der Waals surface area contributed by atoms with E-state index in [-0.39, 0.29) is 17.9 Å². The van der Waals surface area contributed by atoms with Crippen molar-refractivity contribution in [2.24, 2.45) is 0 Å². The van der Waals surface area contributed by atoms with Crippen molar-refractivity contribution in [3.63, 3.8) is 0 Å². The number of nitro benzene ring substituents is 1. The Morgan fingerprint density at radius 1 is 1.50 bits per heavy atom. The second-order valence-electron chi connectivity index (χ2n) is 2.88. The summed E-state index contributed by atoms with van der Waals surface area (Å²) >= 11 is 0. The van der Waals surface area contributed by atoms with E-state index in [0.29, 0.717) is 12.0 Å². The fraction of sp³-hybridized carbons (Fsp3) is 0.182. The summed E-state index contributed by atoms with van der Waals surface area (Å²) in [6.45, 7) is -0.0502. The summed E-state index contributed by atoms with van der Waals surface area (Å²) in [4.78, 5) is 10.0. The molecule has 0 aromatic heterocycles. The third-order valence-electron chi connectivity index (χ3n) is 1.78. The maximum atomic E-state index is 10.6. The van der Waals surface area contributed by atoms with Gasteiger partial charge in [-0.25, -0.2) is 0 Å². The molecular formula is C11H8N2O3. The lowest BCUT2D eigenvalue weighted by molar-refractivity contribution is -0.385. The smallest absolute Gasteiger partial charge is 0.288 e. The van der Waals surface area contributed by atoms with Crippen LogP contribution in [0.1, 0.15) is 17.5 Å². The van der Waals surface area contributed by atoms with Crippen LogP contribution in [0.4, 0.5) is 5.69 Å². The number of aliphatic hydroxyl groups excluding tert-OH is 1. The van der Waals surface area contributed by atoms with Crippen LogP contribution in [0, 0.1) is 33.3 Å². The molecule has 0 saturated heterocycles. The van der Waals surface area contributed by atoms with Gasteiger partial charge in [-0.15, -0.1) is 0 Å². The van der Waals surface area contributed by atoms with Crippen molar-refractivity contribution in [2.75, 3.05) is 6.61 Å². The predicted octanol–water partition coefficient (Wildman–Crippen LogP) is 1.20. The molecule has 0 atom stereocenters. The maximum Gasteiger partial charge on any atom is 0.288 e. The molecule has 0 radical (unpaired) electrons. The predicted molar refractivity (Wildman–Crippen MR) is 56.4 cm³/mol. The zero-order valence-electron chi connectivity index (χ0n) is 8.30. The number of benzene rings is 1. The van der Waals surface area contributed by atoms with E-state index < -0.39 is 4.92 Å². The summed E-state index contributed by atoms with van der Waals surface area (Å²) in [5.74, 6) is 5.32. The van der Waals surface area contributed by atoms with E-state index in [1.165, 1.54) is 18.2 Å². The first kappa shape index (κ1) is 11.7. The van der Waals surface area contributed by atoms with Gasteiger partial charge in [0.15, 0.2) is 0 Å². The fourth-order valence-corrected chi connectivity index (χ4v) is 1.08. The van der Waals surface area contributed by atoms with E-state index in [1.807, 2.05) is 0 Å². The average molecular weight is 216 g/mol. The van der Waals surface area contributed by atoms with E-state index in [2.05, 4.69) is 11.8 Å². The van der Waals surface area contributed by atoms with Gasteiger partial charge in [-0.3, -0.25) is 10.1 Å². The molecule has 0 fully saturated rings. The molecule has 80 valence electrons. The van der Waals surface area contributed by atoms with Crippen molar-refractivity contribution in [3.05, 3.63) is 39.4 Å². The highest BCUT2D eigenvalue weighted by molar-refractivity contribution is 5.53. The molecule has 1 aromatic carbocycles. The first-order valence-corrected chi connectivity index (χ1v) is 4.47. The molecular weight excluding hydrogens is 208 g/mol. The summed E-state index contributed by atoms with van der Waals surface area (Å²) in [5, 5.41) is 27.8. The molecule has 0 aliphatic heterocycles. The van der Waals surface area contributed by atoms with Gasteiger partial charge in [0.05, 0.1) is 11.5 Å². The third kappa shape index (κ3) is 2.81. The minimum absolute atomic E-state index is 0.0118. The SMILES string of the molecule is N#Cc1ccc(C#CCCO)cc1[N+](=O)[O-]. The molecule has 1 aromatic rings. The van der Waals surface area contributed by atoms with E-state index >= 15 is 0 Å². The molecule has 1 N–H and O–H groups in total. The lowest BCUT2D eigenvalue weighted by atomic mass is 10.1. The van der Waals surface area contributed by atoms with Crippen LogP contribution >= 0.6 is 0 Å². The second-order valence-corrected chi connectivity index (χ2v) is 2.88. The normalized spacial score (nSPS) is 8.75. The fourth-order valence-electron chi connectivity index (χ4n) is 1.08. The Balaban J connectivity index is 3.10. The number of hydrogen-bond acceptors (Lipinski definition) is 4. The van der Waals surface area contributed by atoms with Crippen LogP contribution < -0.4 is 0 Å². The van der Waals surface area contributed by atoms with Gasteiger partial charge in [-0.05, 0) is 12.1 Å². The van der Waals surface area contributed by atoms with Crippen molar-refractivity contribution in [1.82, 2.24) is 0 Å². The molecule has 0 heterocycles. The number of nitro groups is 1. The lowest BCUT2D eigenvalue weighted by Gasteiger charge is -1.95. The van der Waals surface area contributed by atoms with Crippen LogP contribution in [-0.2, 0) is 0 Å². The summed E-state index contributed by atoms with van der Waals surface area (Å²) in [5.41, 5.74) is 0.218. The van der Waals surface area contributed by atoms with Crippen LogP contribution in [-0.4, -0.2) is 16.6 Å². The first-order chi connectivity index (χ1) is 7.69. The number of hydrogen-bond donors (Lipinski definition) is 1. The molecule has 0 aliphatic rings. The van der Waals surface area contributed by atoms with Gasteiger partial charge in [-0.1, -0.05) is 11.8 Å². The minimum Gasteiger partial charge on any atom is -0.395 e. The second kappa shape index (κ2) is 5.50. The van der Waals surface area contributed by atoms with E-state index in [1.54, 1.807) is 6.07 Å². The molecule has 5 heteroatoms. The molecule has 0 bridgehead atoms. The van der Waals surface area contributed by atoms with Gasteiger partial charge in [0.2, 0.25) is 0 Å². The van der Waals surface area contributed by atoms with Gasteiger partial charge in [-0.2, -0.15) is 5.26 Å². The topological polar surface area (TPSA) is 87.2 Å². The van der Waals surface area contributed by atoms with Crippen molar-refractivity contribution in [2.45, 2.75) is 6.42 Å². The van der Waals surface area contributed by atoms with E-state index in [4.69, 9.17) is 10.4 Å². The van der Waals surface area contributed by atoms with Crippen LogP contribution in [0.5, 0.6) is 0 Å². The van der Waals surface area contributed by atoms with Gasteiger partial charge in [0.1, 0.15) is 11.6 Å². The third-order valence-corrected chi connectivity index (χ3v) is 1.78. The summed E-state index contributed by atoms with van der Waals surface area (Å²) in [7, 11) is 0. The molecule has 0 aliphatic carbocycles. The van der Waals surface area contributed by atoms with Gasteiger partial charge in [0, 0.05) is 18.1 Å². The highest BCUT2D eigenvalue weighted by Gasteiger charge is 2.13. The van der Waals surface area contributed by atoms with Gasteiger partial charge in [0.25, 0.3) is 5.69 Å². The lowest BCUT2D eigenvalue weighted by Crippen LogP contribution is -1.92. The van der Waals surface area contributed by atoms with Crippen molar-refractivity contribution in [1.29, 1.82) is 5.26 Å². The monoisotopic (exact) mass is 216 g/mol. The quantitative estimate of drug-likeness (QED) is 0.457. The van der Waals surface area contributed by atoms with Crippen LogP contribution in [0.2, 0.25) is 0 Å². The summed E-state index contributed by atoms with van der Waals surface area (Å²) in [6, 6.07) is 5.89. The van der Waals surface area contributed by atoms with Crippen molar-refractivity contribution < 1.29 is 10.0 Å². The Kier molecular flexibility index (Phi) is 4.02. The van der Waals surface area contributed by atoms with Crippen LogP contribution in [0.3, 0.4) is 0 Å². The average Bonchev–Trinajstić information content (AvgIpc) is 2.29. The standard InChI is InChI=1S/C11H8N2O3/c12-8-10-5-4-9(3-1-2-6-14)7-11(10)13(15)16/h4-5,7,14H,2,6H2. The first-order valence-electron chi connectivity index (χ1n) is 4.47. The van der Waals surface area contributed by atoms with Gasteiger partial charge < -0.3 is 5.11 Å². The number of nitriles is 1. The van der Waals surface area contributed by atoms with E-state index in [0.717, 1.165) is 0 Å². The number of nitrogens with zero attached hydrogens (tertiary/aromatic N) is 2. The summed E-state index contributed by atoms with van der Waals surface area (Å²) < 4.78 is 0. The van der Waals surface area contributed by atoms with Gasteiger partial charge >= 0.3 is 0 Å². The molecule has 0 saturated carbocycles. The Morgan fingerprint density at radius 2 is 2.25 bits per heavy atom. The molecule has 0 spiro atoms. The molecule has 16 heavy (non-hydrogen) atoms. The Hall–Kier alpha value is -2.37. The Bertz CT molecular complexity index is 506. The van der Waals surface area contributed by atoms with E-state index in [9.17, 15) is 10.1 Å². The minimum atomic E-state index is -0.615.